The SMILES string of the molecule is Cn1nc(-c2nnc(C(F)F)s2)c2cc(S(=O)(=O)NC3(C#N)CC3)cc(N3CC4CCC(C3)N4C(=O)C3CCCC3)c21. The maximum Gasteiger partial charge on any atom is 0.291 e. The molecule has 0 radical (unpaired) electrons. The first-order valence-corrected chi connectivity index (χ1v) is 16.5. The quantitative estimate of drug-likeness (QED) is 0.424. The Labute approximate surface area is 245 Å². The minimum atomic E-state index is -4.12. The Hall–Kier alpha value is -3.22. The Morgan fingerprint density at radius 2 is 1.83 bits per heavy atom. The third kappa shape index (κ3) is 4.55. The van der Waals surface area contributed by atoms with E-state index in [9.17, 15) is 27.3 Å². The second-order valence-electron chi connectivity index (χ2n) is 11.9. The normalized spacial score (nSPS) is 23.7. The lowest BCUT2D eigenvalue weighted by Gasteiger charge is -2.43. The fourth-order valence-corrected chi connectivity index (χ4v) is 8.98. The van der Waals surface area contributed by atoms with Crippen LogP contribution in [0.5, 0.6) is 0 Å². The molecule has 2 saturated carbocycles. The van der Waals surface area contributed by atoms with Gasteiger partial charge in [0.2, 0.25) is 15.9 Å². The Kier molecular flexibility index (Phi) is 6.52. The molecule has 2 saturated heterocycles. The van der Waals surface area contributed by atoms with Crippen LogP contribution in [0.1, 0.15) is 62.8 Å². The van der Waals surface area contributed by atoms with E-state index in [1.807, 2.05) is 0 Å². The fraction of sp³-hybridized carbons (Fsp3) is 0.593. The van der Waals surface area contributed by atoms with Crippen LogP contribution in [0.2, 0.25) is 0 Å². The molecule has 2 aromatic heterocycles. The lowest BCUT2D eigenvalue weighted by Crippen LogP contribution is -2.57. The Morgan fingerprint density at radius 3 is 2.43 bits per heavy atom. The third-order valence-corrected chi connectivity index (χ3v) is 11.6. The van der Waals surface area contributed by atoms with E-state index in [0.29, 0.717) is 53.9 Å². The van der Waals surface area contributed by atoms with Crippen molar-refractivity contribution in [3.8, 4) is 16.8 Å². The van der Waals surface area contributed by atoms with E-state index in [-0.39, 0.29) is 39.5 Å². The number of hydrogen-bond donors (Lipinski definition) is 1. The van der Waals surface area contributed by atoms with Gasteiger partial charge < -0.3 is 9.80 Å². The number of fused-ring (bicyclic) bond motifs is 3. The predicted molar refractivity (Wildman–Crippen MR) is 150 cm³/mol. The number of nitrogens with one attached hydrogen (secondary N) is 1. The van der Waals surface area contributed by atoms with Crippen molar-refractivity contribution in [2.45, 2.75) is 80.3 Å². The molecule has 2 aliphatic heterocycles. The Balaban J connectivity index is 1.32. The zero-order valence-electron chi connectivity index (χ0n) is 23.0. The van der Waals surface area contributed by atoms with Crippen molar-refractivity contribution < 1.29 is 22.0 Å². The molecule has 4 heterocycles. The Morgan fingerprint density at radius 1 is 1.14 bits per heavy atom. The van der Waals surface area contributed by atoms with Gasteiger partial charge in [0, 0.05) is 43.5 Å². The molecule has 15 heteroatoms. The zero-order chi connectivity index (χ0) is 29.4. The summed E-state index contributed by atoms with van der Waals surface area (Å²) < 4.78 is 58.1. The molecule has 2 atom stereocenters. The topological polar surface area (TPSA) is 137 Å². The second-order valence-corrected chi connectivity index (χ2v) is 14.6. The maximum atomic E-state index is 13.6. The van der Waals surface area contributed by atoms with Crippen LogP contribution in [0.3, 0.4) is 0 Å². The van der Waals surface area contributed by atoms with Crippen molar-refractivity contribution in [3.05, 3.63) is 17.1 Å². The number of sulfonamides is 1. The van der Waals surface area contributed by atoms with Crippen LogP contribution in [0.15, 0.2) is 17.0 Å². The van der Waals surface area contributed by atoms with Crippen LogP contribution in [0.25, 0.3) is 21.6 Å². The summed E-state index contributed by atoms with van der Waals surface area (Å²) in [5.74, 6) is 0.330. The van der Waals surface area contributed by atoms with Crippen molar-refractivity contribution in [2.24, 2.45) is 13.0 Å². The summed E-state index contributed by atoms with van der Waals surface area (Å²) in [5, 5.41) is 21.8. The van der Waals surface area contributed by atoms with Crippen molar-refractivity contribution in [1.82, 2.24) is 29.6 Å². The maximum absolute atomic E-state index is 13.6. The minimum Gasteiger partial charge on any atom is -0.366 e. The first kappa shape index (κ1) is 27.6. The average molecular weight is 617 g/mol. The van der Waals surface area contributed by atoms with Crippen molar-refractivity contribution >= 4 is 43.9 Å². The van der Waals surface area contributed by atoms with Crippen LogP contribution in [-0.2, 0) is 21.9 Å². The van der Waals surface area contributed by atoms with Gasteiger partial charge in [-0.2, -0.15) is 15.1 Å². The monoisotopic (exact) mass is 616 g/mol. The lowest BCUT2D eigenvalue weighted by molar-refractivity contribution is -0.138. The largest absolute Gasteiger partial charge is 0.366 e. The highest BCUT2D eigenvalue weighted by molar-refractivity contribution is 7.89. The molecule has 42 heavy (non-hydrogen) atoms. The van der Waals surface area contributed by atoms with Gasteiger partial charge in [-0.05, 0) is 50.7 Å². The number of carbonyl (C=O) groups excluding carboxylic acids is 1. The van der Waals surface area contributed by atoms with Crippen molar-refractivity contribution in [3.63, 3.8) is 0 Å². The number of anilines is 1. The molecule has 4 aliphatic rings. The van der Waals surface area contributed by atoms with Gasteiger partial charge in [-0.25, -0.2) is 17.2 Å². The number of amides is 1. The van der Waals surface area contributed by atoms with Crippen LogP contribution in [0.4, 0.5) is 14.5 Å². The highest BCUT2D eigenvalue weighted by Crippen LogP contribution is 2.43. The van der Waals surface area contributed by atoms with Gasteiger partial charge in [0.05, 0.1) is 22.2 Å². The van der Waals surface area contributed by atoms with Crippen LogP contribution in [-0.4, -0.2) is 69.9 Å². The van der Waals surface area contributed by atoms with Crippen LogP contribution < -0.4 is 9.62 Å². The van der Waals surface area contributed by atoms with Gasteiger partial charge in [0.25, 0.3) is 6.43 Å². The van der Waals surface area contributed by atoms with Gasteiger partial charge in [-0.1, -0.05) is 24.2 Å². The van der Waals surface area contributed by atoms with Gasteiger partial charge in [-0.3, -0.25) is 9.48 Å². The Bertz CT molecular complexity index is 1710. The first-order valence-electron chi connectivity index (χ1n) is 14.2. The number of nitrogens with zero attached hydrogens (tertiary/aromatic N) is 7. The number of carbonyl (C=O) groups is 1. The summed E-state index contributed by atoms with van der Waals surface area (Å²) in [6.45, 7) is 1.08. The molecule has 1 amide bonds. The number of aryl methyl sites for hydroxylation is 1. The molecule has 2 unspecified atom stereocenters. The molecule has 0 spiro atoms. The van der Waals surface area contributed by atoms with Crippen molar-refractivity contribution in [2.75, 3.05) is 18.0 Å². The van der Waals surface area contributed by atoms with Crippen LogP contribution >= 0.6 is 11.3 Å². The minimum absolute atomic E-state index is 0.0167. The van der Waals surface area contributed by atoms with E-state index in [2.05, 4.69) is 35.9 Å². The number of piperazine rings is 1. The molecule has 2 aliphatic carbocycles. The summed E-state index contributed by atoms with van der Waals surface area (Å²) in [4.78, 5) is 17.6. The van der Waals surface area contributed by atoms with E-state index >= 15 is 0 Å². The van der Waals surface area contributed by atoms with Crippen LogP contribution in [0, 0.1) is 17.2 Å². The molecule has 11 nitrogen and oxygen atoms in total. The number of hydrogen-bond acceptors (Lipinski definition) is 9. The van der Waals surface area contributed by atoms with Crippen molar-refractivity contribution in [1.29, 1.82) is 5.26 Å². The predicted octanol–water partition coefficient (Wildman–Crippen LogP) is 3.73. The highest BCUT2D eigenvalue weighted by atomic mass is 32.2. The number of aromatic nitrogens is 4. The van der Waals surface area contributed by atoms with Gasteiger partial charge >= 0.3 is 0 Å². The molecule has 1 N–H and O–H groups in total. The lowest BCUT2D eigenvalue weighted by atomic mass is 10.0. The summed E-state index contributed by atoms with van der Waals surface area (Å²) in [6, 6.07) is 5.16. The molecule has 3 aromatic rings. The molecule has 1 aromatic carbocycles. The highest BCUT2D eigenvalue weighted by Gasteiger charge is 2.48. The smallest absolute Gasteiger partial charge is 0.291 e. The van der Waals surface area contributed by atoms with E-state index in [4.69, 9.17) is 0 Å². The molecule has 222 valence electrons. The van der Waals surface area contributed by atoms with E-state index in [1.54, 1.807) is 17.8 Å². The molecule has 2 bridgehead atoms. The van der Waals surface area contributed by atoms with E-state index < -0.39 is 27.0 Å². The number of halogens is 2. The summed E-state index contributed by atoms with van der Waals surface area (Å²) >= 11 is 0.713. The summed E-state index contributed by atoms with van der Waals surface area (Å²) in [5.41, 5.74) is 0.394. The third-order valence-electron chi connectivity index (χ3n) is 9.11. The fourth-order valence-electron chi connectivity index (χ4n) is 6.86. The number of nitriles is 1. The standard InChI is InChI=1S/C27H30F2N8O3S2/c1-35-22-19(21(33-35)24-31-32-25(41-24)23(28)29)10-18(42(39,40)34-27(14-30)8-9-27)11-20(22)36-12-16-6-7-17(13-36)37(16)26(38)15-4-2-3-5-15/h10-11,15-17,23,34H,2-9,12-13H2,1H3. The summed E-state index contributed by atoms with van der Waals surface area (Å²) in [7, 11) is -2.40. The molecular weight excluding hydrogens is 586 g/mol. The van der Waals surface area contributed by atoms with Gasteiger partial charge in [0.15, 0.2) is 10.0 Å². The second kappa shape index (κ2) is 9.92. The summed E-state index contributed by atoms with van der Waals surface area (Å²) in [6.07, 6.45) is 3.87. The molecular formula is C27H30F2N8O3S2. The zero-order valence-corrected chi connectivity index (χ0v) is 24.6. The van der Waals surface area contributed by atoms with Gasteiger partial charge in [-0.15, -0.1) is 10.2 Å². The first-order chi connectivity index (χ1) is 20.1. The number of rotatable bonds is 7. The molecule has 7 rings (SSSR count). The van der Waals surface area contributed by atoms with E-state index in [1.165, 1.54) is 6.07 Å². The number of alkyl halides is 2. The van der Waals surface area contributed by atoms with Gasteiger partial charge in [0.1, 0.15) is 11.2 Å². The van der Waals surface area contributed by atoms with E-state index in [0.717, 1.165) is 38.5 Å². The number of benzene rings is 1. The average Bonchev–Trinajstić information content (AvgIpc) is 3.41. The molecule has 4 fully saturated rings.